The first-order valence-electron chi connectivity index (χ1n) is 4.85. The highest BCUT2D eigenvalue weighted by Crippen LogP contribution is 2.36. The maximum Gasteiger partial charge on any atom is 0.165 e. The molecule has 0 aromatic heterocycles. The lowest BCUT2D eigenvalue weighted by atomic mass is 10.3. The van der Waals surface area contributed by atoms with Crippen LogP contribution < -0.4 is 10.5 Å². The molecule has 2 aromatic carbocycles. The molecule has 0 spiro atoms. The summed E-state index contributed by atoms with van der Waals surface area (Å²) in [6.07, 6.45) is 0. The molecule has 0 atom stereocenters. The van der Waals surface area contributed by atoms with Crippen LogP contribution in [0.1, 0.15) is 0 Å². The number of hydrogen-bond acceptors (Lipinski definition) is 2. The van der Waals surface area contributed by atoms with Crippen LogP contribution >= 0.6 is 39.1 Å². The number of rotatable bonds is 2. The van der Waals surface area contributed by atoms with Crippen LogP contribution in [0.15, 0.2) is 34.8 Å². The van der Waals surface area contributed by atoms with E-state index in [1.54, 1.807) is 6.07 Å². The fourth-order valence-corrected chi connectivity index (χ4v) is 1.97. The number of benzene rings is 2. The van der Waals surface area contributed by atoms with Gasteiger partial charge in [-0.15, -0.1) is 0 Å². The minimum atomic E-state index is -0.497. The third-order valence-corrected chi connectivity index (χ3v) is 3.38. The van der Waals surface area contributed by atoms with Crippen LogP contribution in [0.2, 0.25) is 10.0 Å². The summed E-state index contributed by atoms with van der Waals surface area (Å²) in [4.78, 5) is 0. The largest absolute Gasteiger partial charge is 0.452 e. The lowest BCUT2D eigenvalue weighted by Crippen LogP contribution is -1.94. The number of nitrogen functional groups attached to an aromatic ring is 1. The van der Waals surface area contributed by atoms with E-state index < -0.39 is 5.82 Å². The SMILES string of the molecule is Nc1cc(Cl)c(Cl)cc1Oc1cc(Br)ccc1F. The molecule has 2 N–H and O–H groups in total. The molecule has 2 nitrogen and oxygen atoms in total. The molecule has 0 saturated heterocycles. The molecule has 0 unspecified atom stereocenters. The molecule has 0 fully saturated rings. The quantitative estimate of drug-likeness (QED) is 0.749. The molecule has 2 rings (SSSR count). The Hall–Kier alpha value is -0.970. The summed E-state index contributed by atoms with van der Waals surface area (Å²) in [5.41, 5.74) is 6.01. The van der Waals surface area contributed by atoms with Crippen LogP contribution in [0.4, 0.5) is 10.1 Å². The zero-order valence-corrected chi connectivity index (χ0v) is 12.0. The number of hydrogen-bond donors (Lipinski definition) is 1. The topological polar surface area (TPSA) is 35.2 Å². The molecule has 0 saturated carbocycles. The van der Waals surface area contributed by atoms with E-state index in [9.17, 15) is 4.39 Å². The summed E-state index contributed by atoms with van der Waals surface area (Å²) in [7, 11) is 0. The van der Waals surface area contributed by atoms with Gasteiger partial charge in [-0.3, -0.25) is 0 Å². The Bertz CT molecular complexity index is 607. The molecule has 0 heterocycles. The summed E-state index contributed by atoms with van der Waals surface area (Å²) in [6.45, 7) is 0. The Labute approximate surface area is 122 Å². The molecule has 6 heteroatoms. The Balaban J connectivity index is 2.40. The Kier molecular flexibility index (Phi) is 4.00. The second kappa shape index (κ2) is 5.34. The summed E-state index contributed by atoms with van der Waals surface area (Å²) in [5.74, 6) is -0.195. The molecule has 0 aliphatic rings. The summed E-state index contributed by atoms with van der Waals surface area (Å²) >= 11 is 14.9. The van der Waals surface area contributed by atoms with Crippen molar-refractivity contribution in [2.45, 2.75) is 0 Å². The van der Waals surface area contributed by atoms with Gasteiger partial charge in [-0.05, 0) is 24.3 Å². The zero-order chi connectivity index (χ0) is 13.3. The van der Waals surface area contributed by atoms with E-state index in [0.29, 0.717) is 9.50 Å². The number of anilines is 1. The van der Waals surface area contributed by atoms with E-state index in [1.165, 1.54) is 24.3 Å². The monoisotopic (exact) mass is 349 g/mol. The Morgan fingerprint density at radius 1 is 1.06 bits per heavy atom. The van der Waals surface area contributed by atoms with E-state index in [4.69, 9.17) is 33.7 Å². The lowest BCUT2D eigenvalue weighted by molar-refractivity contribution is 0.444. The second-order valence-corrected chi connectivity index (χ2v) is 5.21. The highest BCUT2D eigenvalue weighted by molar-refractivity contribution is 9.10. The third kappa shape index (κ3) is 2.88. The average Bonchev–Trinajstić information content (AvgIpc) is 2.30. The smallest absolute Gasteiger partial charge is 0.165 e. The highest BCUT2D eigenvalue weighted by atomic mass is 79.9. The van der Waals surface area contributed by atoms with Gasteiger partial charge in [0.25, 0.3) is 0 Å². The van der Waals surface area contributed by atoms with Gasteiger partial charge in [-0.25, -0.2) is 4.39 Å². The lowest BCUT2D eigenvalue weighted by Gasteiger charge is -2.10. The first-order valence-corrected chi connectivity index (χ1v) is 6.39. The van der Waals surface area contributed by atoms with Crippen molar-refractivity contribution >= 4 is 44.8 Å². The molecule has 0 bridgehead atoms. The van der Waals surface area contributed by atoms with Gasteiger partial charge in [0.1, 0.15) is 0 Å². The summed E-state index contributed by atoms with van der Waals surface area (Å²) in [5, 5.41) is 0.604. The maximum absolute atomic E-state index is 13.5. The van der Waals surface area contributed by atoms with E-state index >= 15 is 0 Å². The van der Waals surface area contributed by atoms with Gasteiger partial charge < -0.3 is 10.5 Å². The maximum atomic E-state index is 13.5. The van der Waals surface area contributed by atoms with Crippen LogP contribution in [0, 0.1) is 5.82 Å². The van der Waals surface area contributed by atoms with Crippen molar-refractivity contribution in [2.24, 2.45) is 0 Å². The number of ether oxygens (including phenoxy) is 1. The van der Waals surface area contributed by atoms with Crippen molar-refractivity contribution in [1.29, 1.82) is 0 Å². The van der Waals surface area contributed by atoms with Crippen molar-refractivity contribution in [3.8, 4) is 11.5 Å². The van der Waals surface area contributed by atoms with Crippen LogP contribution in [0.3, 0.4) is 0 Å². The fraction of sp³-hybridized carbons (Fsp3) is 0. The van der Waals surface area contributed by atoms with Crippen LogP contribution in [0.5, 0.6) is 11.5 Å². The van der Waals surface area contributed by atoms with Crippen molar-refractivity contribution in [3.05, 3.63) is 50.7 Å². The summed E-state index contributed by atoms with van der Waals surface area (Å²) in [6, 6.07) is 7.25. The first-order chi connectivity index (χ1) is 8.47. The van der Waals surface area contributed by atoms with Gasteiger partial charge in [-0.1, -0.05) is 39.1 Å². The normalized spacial score (nSPS) is 10.4. The van der Waals surface area contributed by atoms with Gasteiger partial charge in [-0.2, -0.15) is 0 Å². The van der Waals surface area contributed by atoms with Gasteiger partial charge in [0.05, 0.1) is 15.7 Å². The van der Waals surface area contributed by atoms with Crippen molar-refractivity contribution in [1.82, 2.24) is 0 Å². The van der Waals surface area contributed by atoms with Gasteiger partial charge in [0.15, 0.2) is 17.3 Å². The minimum absolute atomic E-state index is 0.0504. The fourth-order valence-electron chi connectivity index (χ4n) is 1.31. The Morgan fingerprint density at radius 2 is 1.72 bits per heavy atom. The van der Waals surface area contributed by atoms with E-state index in [2.05, 4.69) is 15.9 Å². The van der Waals surface area contributed by atoms with Gasteiger partial charge in [0, 0.05) is 10.5 Å². The van der Waals surface area contributed by atoms with E-state index in [1.807, 2.05) is 0 Å². The van der Waals surface area contributed by atoms with Crippen LogP contribution in [0.25, 0.3) is 0 Å². The number of nitrogens with two attached hydrogens (primary N) is 1. The summed E-state index contributed by atoms with van der Waals surface area (Å²) < 4.78 is 19.6. The number of halogens is 4. The standard InChI is InChI=1S/C12H7BrCl2FNO/c13-6-1-2-9(16)11(3-6)18-12-5-8(15)7(14)4-10(12)17/h1-5H,17H2. The molecule has 94 valence electrons. The van der Waals surface area contributed by atoms with Crippen LogP contribution in [-0.2, 0) is 0 Å². The predicted molar refractivity (Wildman–Crippen MR) is 75.0 cm³/mol. The predicted octanol–water partition coefficient (Wildman–Crippen LogP) is 5.27. The second-order valence-electron chi connectivity index (χ2n) is 3.48. The van der Waals surface area contributed by atoms with Crippen molar-refractivity contribution in [2.75, 3.05) is 5.73 Å². The van der Waals surface area contributed by atoms with Gasteiger partial charge in [0.2, 0.25) is 0 Å². The molecule has 18 heavy (non-hydrogen) atoms. The van der Waals surface area contributed by atoms with Crippen molar-refractivity contribution < 1.29 is 9.13 Å². The first kappa shape index (κ1) is 13.5. The van der Waals surface area contributed by atoms with Gasteiger partial charge >= 0.3 is 0 Å². The molecular weight excluding hydrogens is 344 g/mol. The molecule has 2 aromatic rings. The van der Waals surface area contributed by atoms with E-state index in [-0.39, 0.29) is 22.2 Å². The Morgan fingerprint density at radius 3 is 2.44 bits per heavy atom. The third-order valence-electron chi connectivity index (χ3n) is 2.17. The van der Waals surface area contributed by atoms with Crippen LogP contribution in [-0.4, -0.2) is 0 Å². The minimum Gasteiger partial charge on any atom is -0.452 e. The molecule has 0 aliphatic carbocycles. The van der Waals surface area contributed by atoms with Crippen molar-refractivity contribution in [3.63, 3.8) is 0 Å². The average molecular weight is 351 g/mol. The molecular formula is C12H7BrCl2FNO. The molecule has 0 radical (unpaired) electrons. The zero-order valence-electron chi connectivity index (χ0n) is 8.88. The molecule has 0 aliphatic heterocycles. The molecule has 0 amide bonds. The highest BCUT2D eigenvalue weighted by Gasteiger charge is 2.10. The van der Waals surface area contributed by atoms with E-state index in [0.717, 1.165) is 0 Å².